The van der Waals surface area contributed by atoms with Crippen molar-refractivity contribution >= 4 is 5.91 Å². The number of piperazine rings is 1. The predicted octanol–water partition coefficient (Wildman–Crippen LogP) is 0.886. The molecule has 2 fully saturated rings. The number of amides is 1. The molecule has 2 aliphatic rings. The quantitative estimate of drug-likeness (QED) is 0.684. The van der Waals surface area contributed by atoms with Crippen LogP contribution in [0.2, 0.25) is 0 Å². The summed E-state index contributed by atoms with van der Waals surface area (Å²) >= 11 is 0. The van der Waals surface area contributed by atoms with Crippen LogP contribution in [0.3, 0.4) is 0 Å². The molecule has 1 amide bonds. The maximum atomic E-state index is 11.6. The van der Waals surface area contributed by atoms with Gasteiger partial charge in [-0.1, -0.05) is 6.08 Å². The fraction of sp³-hybridized carbons (Fsp3) is 0.769. The van der Waals surface area contributed by atoms with E-state index < -0.39 is 0 Å². The lowest BCUT2D eigenvalue weighted by molar-refractivity contribution is -0.127. The molecule has 4 heteroatoms. The Morgan fingerprint density at radius 3 is 2.71 bits per heavy atom. The van der Waals surface area contributed by atoms with E-state index >= 15 is 0 Å². The summed E-state index contributed by atoms with van der Waals surface area (Å²) in [6.45, 7) is 7.47. The molecule has 0 bridgehead atoms. The number of nitrogens with zero attached hydrogens (tertiary/aromatic N) is 2. The van der Waals surface area contributed by atoms with Gasteiger partial charge in [-0.15, -0.1) is 0 Å². The van der Waals surface area contributed by atoms with Gasteiger partial charge in [0.25, 0.3) is 0 Å². The average Bonchev–Trinajstić information content (AvgIpc) is 2.83. The van der Waals surface area contributed by atoms with Crippen LogP contribution >= 0.6 is 0 Å². The molecule has 2 rings (SSSR count). The Hall–Kier alpha value is -0.870. The van der Waals surface area contributed by atoms with Gasteiger partial charge in [-0.05, 0) is 25.8 Å². The molecule has 4 nitrogen and oxygen atoms in total. The highest BCUT2D eigenvalue weighted by molar-refractivity contribution is 5.87. The fourth-order valence-electron chi connectivity index (χ4n) is 2.48. The van der Waals surface area contributed by atoms with Crippen LogP contribution in [0.25, 0.3) is 0 Å². The summed E-state index contributed by atoms with van der Waals surface area (Å²) in [6, 6.07) is 0. The Labute approximate surface area is 103 Å². The Morgan fingerprint density at radius 1 is 1.35 bits per heavy atom. The van der Waals surface area contributed by atoms with Crippen LogP contribution in [-0.4, -0.2) is 61.1 Å². The van der Waals surface area contributed by atoms with E-state index in [2.05, 4.69) is 4.90 Å². The van der Waals surface area contributed by atoms with Crippen molar-refractivity contribution in [2.75, 3.05) is 39.3 Å². The summed E-state index contributed by atoms with van der Waals surface area (Å²) in [5.41, 5.74) is 0. The molecule has 0 N–H and O–H groups in total. The predicted molar refractivity (Wildman–Crippen MR) is 66.8 cm³/mol. The monoisotopic (exact) mass is 238 g/mol. The molecule has 17 heavy (non-hydrogen) atoms. The van der Waals surface area contributed by atoms with E-state index in [1.54, 1.807) is 12.2 Å². The van der Waals surface area contributed by atoms with E-state index in [4.69, 9.17) is 4.74 Å². The number of rotatable bonds is 3. The van der Waals surface area contributed by atoms with Crippen molar-refractivity contribution in [1.29, 1.82) is 0 Å². The minimum Gasteiger partial charge on any atom is -0.377 e. The smallest absolute Gasteiger partial charge is 0.246 e. The minimum atomic E-state index is 0.143. The minimum absolute atomic E-state index is 0.143. The number of carbonyl (C=O) groups is 1. The molecular weight excluding hydrogens is 216 g/mol. The van der Waals surface area contributed by atoms with E-state index in [1.807, 2.05) is 11.8 Å². The second kappa shape index (κ2) is 6.17. The normalized spacial score (nSPS) is 26.9. The van der Waals surface area contributed by atoms with Crippen molar-refractivity contribution in [3.8, 4) is 0 Å². The van der Waals surface area contributed by atoms with Gasteiger partial charge in [0.05, 0.1) is 6.10 Å². The molecule has 2 aliphatic heterocycles. The van der Waals surface area contributed by atoms with Gasteiger partial charge >= 0.3 is 0 Å². The van der Waals surface area contributed by atoms with Crippen LogP contribution < -0.4 is 0 Å². The lowest BCUT2D eigenvalue weighted by Gasteiger charge is -2.35. The number of allylic oxidation sites excluding steroid dienone is 1. The zero-order chi connectivity index (χ0) is 12.1. The molecule has 0 aromatic carbocycles. The molecule has 1 unspecified atom stereocenters. The van der Waals surface area contributed by atoms with Gasteiger partial charge in [0.1, 0.15) is 0 Å². The number of hydrogen-bond acceptors (Lipinski definition) is 3. The van der Waals surface area contributed by atoms with E-state index in [0.29, 0.717) is 6.10 Å². The highest BCUT2D eigenvalue weighted by atomic mass is 16.5. The maximum Gasteiger partial charge on any atom is 0.246 e. The molecule has 0 aliphatic carbocycles. The molecule has 0 radical (unpaired) electrons. The maximum absolute atomic E-state index is 11.6. The highest BCUT2D eigenvalue weighted by Crippen LogP contribution is 2.14. The SMILES string of the molecule is CC=CC(=O)N1CCN(CC2CCCO2)CC1. The van der Waals surface area contributed by atoms with Crippen LogP contribution in [0.4, 0.5) is 0 Å². The summed E-state index contributed by atoms with van der Waals surface area (Å²) in [4.78, 5) is 16.0. The second-order valence-electron chi connectivity index (χ2n) is 4.76. The molecule has 1 atom stereocenters. The van der Waals surface area contributed by atoms with Crippen molar-refractivity contribution in [1.82, 2.24) is 9.80 Å². The lowest BCUT2D eigenvalue weighted by atomic mass is 10.2. The first-order valence-corrected chi connectivity index (χ1v) is 6.55. The van der Waals surface area contributed by atoms with Gasteiger partial charge in [-0.2, -0.15) is 0 Å². The van der Waals surface area contributed by atoms with Gasteiger partial charge < -0.3 is 9.64 Å². The zero-order valence-corrected chi connectivity index (χ0v) is 10.6. The van der Waals surface area contributed by atoms with E-state index in [9.17, 15) is 4.79 Å². The Bertz CT molecular complexity index is 277. The van der Waals surface area contributed by atoms with Crippen LogP contribution in [0.1, 0.15) is 19.8 Å². The number of ether oxygens (including phenoxy) is 1. The standard InChI is InChI=1S/C13H22N2O2/c1-2-4-13(16)15-8-6-14(7-9-15)11-12-5-3-10-17-12/h2,4,12H,3,5-11H2,1H3. The summed E-state index contributed by atoms with van der Waals surface area (Å²) in [7, 11) is 0. The average molecular weight is 238 g/mol. The van der Waals surface area contributed by atoms with Crippen LogP contribution in [0.5, 0.6) is 0 Å². The molecule has 0 aromatic rings. The Kier molecular flexibility index (Phi) is 4.57. The third-order valence-electron chi connectivity index (χ3n) is 3.48. The molecule has 96 valence electrons. The summed E-state index contributed by atoms with van der Waals surface area (Å²) in [5, 5.41) is 0. The largest absolute Gasteiger partial charge is 0.377 e. The number of hydrogen-bond donors (Lipinski definition) is 0. The van der Waals surface area contributed by atoms with Crippen LogP contribution in [-0.2, 0) is 9.53 Å². The van der Waals surface area contributed by atoms with Gasteiger partial charge in [0.2, 0.25) is 5.91 Å². The van der Waals surface area contributed by atoms with Crippen molar-refractivity contribution in [2.24, 2.45) is 0 Å². The van der Waals surface area contributed by atoms with Crippen molar-refractivity contribution in [2.45, 2.75) is 25.9 Å². The van der Waals surface area contributed by atoms with Crippen LogP contribution in [0.15, 0.2) is 12.2 Å². The third kappa shape index (κ3) is 3.54. The summed E-state index contributed by atoms with van der Waals surface area (Å²) in [6.07, 6.45) is 6.27. The Morgan fingerprint density at radius 2 is 2.12 bits per heavy atom. The fourth-order valence-corrected chi connectivity index (χ4v) is 2.48. The van der Waals surface area contributed by atoms with Gasteiger partial charge in [-0.3, -0.25) is 9.69 Å². The second-order valence-corrected chi connectivity index (χ2v) is 4.76. The van der Waals surface area contributed by atoms with Crippen molar-refractivity contribution in [3.05, 3.63) is 12.2 Å². The molecule has 0 spiro atoms. The third-order valence-corrected chi connectivity index (χ3v) is 3.48. The molecular formula is C13H22N2O2. The molecule has 2 heterocycles. The lowest BCUT2D eigenvalue weighted by Crippen LogP contribution is -2.50. The van der Waals surface area contributed by atoms with Gasteiger partial charge in [0.15, 0.2) is 0 Å². The zero-order valence-electron chi connectivity index (χ0n) is 10.6. The van der Waals surface area contributed by atoms with E-state index in [1.165, 1.54) is 12.8 Å². The van der Waals surface area contributed by atoms with Gasteiger partial charge in [-0.25, -0.2) is 0 Å². The van der Waals surface area contributed by atoms with Gasteiger partial charge in [0, 0.05) is 39.3 Å². The summed E-state index contributed by atoms with van der Waals surface area (Å²) in [5.74, 6) is 0.143. The molecule has 2 saturated heterocycles. The van der Waals surface area contributed by atoms with Crippen LogP contribution in [0, 0.1) is 0 Å². The molecule has 0 aromatic heterocycles. The van der Waals surface area contributed by atoms with Crippen molar-refractivity contribution < 1.29 is 9.53 Å². The number of carbonyl (C=O) groups excluding carboxylic acids is 1. The topological polar surface area (TPSA) is 32.8 Å². The summed E-state index contributed by atoms with van der Waals surface area (Å²) < 4.78 is 5.64. The highest BCUT2D eigenvalue weighted by Gasteiger charge is 2.23. The molecule has 0 saturated carbocycles. The van der Waals surface area contributed by atoms with E-state index in [-0.39, 0.29) is 5.91 Å². The van der Waals surface area contributed by atoms with E-state index in [0.717, 1.165) is 39.3 Å². The first kappa shape index (κ1) is 12.6. The Balaban J connectivity index is 1.71. The first-order chi connectivity index (χ1) is 8.29. The van der Waals surface area contributed by atoms with Crippen molar-refractivity contribution in [3.63, 3.8) is 0 Å². The first-order valence-electron chi connectivity index (χ1n) is 6.55.